The highest BCUT2D eigenvalue weighted by Gasteiger charge is 2.26. The first kappa shape index (κ1) is 29.3. The fourth-order valence-corrected chi connectivity index (χ4v) is 4.27. The zero-order valence-corrected chi connectivity index (χ0v) is 22.9. The standard InChI is InChI=1S/C31H40FNO5/c1-4-31(2,3)30(36)37-19-13-11-9-7-5-6-8-10-12-18-33-22-27-24(21-28(33)34)20-26(29(35)38-27)23-14-16-25(32)17-15-23/h14-17,20-22H,4-13,18-19H2,1-3H3. The van der Waals surface area contributed by atoms with E-state index in [0.29, 0.717) is 35.2 Å². The summed E-state index contributed by atoms with van der Waals surface area (Å²) in [6.45, 7) is 6.92. The van der Waals surface area contributed by atoms with E-state index in [0.717, 1.165) is 51.4 Å². The van der Waals surface area contributed by atoms with Gasteiger partial charge in [-0.2, -0.15) is 0 Å². The van der Waals surface area contributed by atoms with Crippen molar-refractivity contribution in [3.05, 3.63) is 69.2 Å². The molecule has 206 valence electrons. The predicted octanol–water partition coefficient (Wildman–Crippen LogP) is 7.25. The van der Waals surface area contributed by atoms with Crippen LogP contribution in [0.3, 0.4) is 0 Å². The predicted molar refractivity (Wildman–Crippen MR) is 149 cm³/mol. The van der Waals surface area contributed by atoms with Gasteiger partial charge in [0.05, 0.1) is 23.8 Å². The Morgan fingerprint density at radius 2 is 1.53 bits per heavy atom. The molecule has 0 amide bonds. The maximum Gasteiger partial charge on any atom is 0.344 e. The third-order valence-electron chi connectivity index (χ3n) is 7.21. The molecule has 0 aliphatic carbocycles. The van der Waals surface area contributed by atoms with Crippen LogP contribution in [0.2, 0.25) is 0 Å². The number of aromatic nitrogens is 1. The van der Waals surface area contributed by atoms with Gasteiger partial charge in [0.1, 0.15) is 5.82 Å². The summed E-state index contributed by atoms with van der Waals surface area (Å²) in [5.41, 5.74) is 0.159. The Morgan fingerprint density at radius 3 is 2.16 bits per heavy atom. The second kappa shape index (κ2) is 14.1. The summed E-state index contributed by atoms with van der Waals surface area (Å²) in [7, 11) is 0. The van der Waals surface area contributed by atoms with Gasteiger partial charge in [-0.25, -0.2) is 9.18 Å². The summed E-state index contributed by atoms with van der Waals surface area (Å²) in [5, 5.41) is 0.549. The van der Waals surface area contributed by atoms with Crippen LogP contribution in [0.5, 0.6) is 0 Å². The van der Waals surface area contributed by atoms with Crippen molar-refractivity contribution in [3.8, 4) is 11.1 Å². The number of benzene rings is 1. The molecule has 38 heavy (non-hydrogen) atoms. The van der Waals surface area contributed by atoms with Crippen LogP contribution in [0.15, 0.2) is 56.6 Å². The first-order valence-electron chi connectivity index (χ1n) is 13.8. The molecular formula is C31H40FNO5. The van der Waals surface area contributed by atoms with Crippen LogP contribution < -0.4 is 11.2 Å². The van der Waals surface area contributed by atoms with Gasteiger partial charge in [0.15, 0.2) is 5.58 Å². The normalized spacial score (nSPS) is 11.7. The van der Waals surface area contributed by atoms with Crippen molar-refractivity contribution in [3.63, 3.8) is 0 Å². The van der Waals surface area contributed by atoms with E-state index in [2.05, 4.69) is 0 Å². The minimum Gasteiger partial charge on any atom is -0.465 e. The smallest absolute Gasteiger partial charge is 0.344 e. The molecule has 7 heteroatoms. The molecule has 0 aliphatic heterocycles. The molecule has 2 heterocycles. The number of ether oxygens (including phenoxy) is 1. The van der Waals surface area contributed by atoms with Crippen LogP contribution in [0, 0.1) is 11.2 Å². The highest BCUT2D eigenvalue weighted by molar-refractivity contribution is 5.80. The largest absolute Gasteiger partial charge is 0.465 e. The third kappa shape index (κ3) is 8.40. The lowest BCUT2D eigenvalue weighted by Gasteiger charge is -2.20. The van der Waals surface area contributed by atoms with Gasteiger partial charge in [-0.05, 0) is 56.9 Å². The SMILES string of the molecule is CCC(C)(C)C(=O)OCCCCCCCCCCCn1cc2oc(=O)c(-c3ccc(F)cc3)cc2cc1=O. The molecule has 0 saturated heterocycles. The van der Waals surface area contributed by atoms with Crippen LogP contribution in [-0.2, 0) is 16.1 Å². The minimum atomic E-state index is -0.518. The number of fused-ring (bicyclic) bond motifs is 1. The summed E-state index contributed by atoms with van der Waals surface area (Å²) in [5.74, 6) is -0.490. The number of unbranched alkanes of at least 4 members (excludes halogenated alkanes) is 8. The zero-order chi connectivity index (χ0) is 27.5. The number of carbonyl (C=O) groups excluding carboxylic acids is 1. The van der Waals surface area contributed by atoms with Gasteiger partial charge in [-0.3, -0.25) is 9.59 Å². The average molecular weight is 526 g/mol. The summed E-state index contributed by atoms with van der Waals surface area (Å²) >= 11 is 0. The summed E-state index contributed by atoms with van der Waals surface area (Å²) in [6, 6.07) is 8.71. The molecule has 3 aromatic rings. The van der Waals surface area contributed by atoms with E-state index in [1.54, 1.807) is 16.8 Å². The molecule has 2 aromatic heterocycles. The van der Waals surface area contributed by atoms with Crippen LogP contribution in [-0.4, -0.2) is 17.1 Å². The maximum atomic E-state index is 13.2. The Bertz CT molecular complexity index is 1310. The highest BCUT2D eigenvalue weighted by Crippen LogP contribution is 2.22. The first-order valence-corrected chi connectivity index (χ1v) is 13.8. The molecule has 0 N–H and O–H groups in total. The van der Waals surface area contributed by atoms with Crippen LogP contribution >= 0.6 is 0 Å². The van der Waals surface area contributed by atoms with Gasteiger partial charge >= 0.3 is 11.6 Å². The van der Waals surface area contributed by atoms with Crippen molar-refractivity contribution < 1.29 is 18.3 Å². The number of aryl methyl sites for hydroxylation is 1. The van der Waals surface area contributed by atoms with E-state index < -0.39 is 11.0 Å². The molecule has 0 aliphatic rings. The number of pyridine rings is 1. The van der Waals surface area contributed by atoms with Crippen LogP contribution in [0.4, 0.5) is 4.39 Å². The number of hydrogen-bond acceptors (Lipinski definition) is 5. The molecule has 0 saturated carbocycles. The zero-order valence-electron chi connectivity index (χ0n) is 22.9. The molecule has 0 atom stereocenters. The van der Waals surface area contributed by atoms with E-state index in [9.17, 15) is 18.8 Å². The number of hydrogen-bond donors (Lipinski definition) is 0. The fraction of sp³-hybridized carbons (Fsp3) is 0.516. The Hall–Kier alpha value is -3.22. The van der Waals surface area contributed by atoms with Gasteiger partial charge in [0.25, 0.3) is 5.56 Å². The average Bonchev–Trinajstić information content (AvgIpc) is 2.89. The summed E-state index contributed by atoms with van der Waals surface area (Å²) in [4.78, 5) is 37.0. The van der Waals surface area contributed by atoms with Gasteiger partial charge in [0, 0.05) is 18.0 Å². The Labute approximate surface area is 223 Å². The lowest BCUT2D eigenvalue weighted by atomic mass is 9.91. The van der Waals surface area contributed by atoms with E-state index in [1.165, 1.54) is 43.2 Å². The number of rotatable bonds is 15. The molecule has 6 nitrogen and oxygen atoms in total. The lowest BCUT2D eigenvalue weighted by molar-refractivity contribution is -0.154. The highest BCUT2D eigenvalue weighted by atomic mass is 19.1. The van der Waals surface area contributed by atoms with Gasteiger partial charge in [-0.1, -0.05) is 64.0 Å². The molecular weight excluding hydrogens is 485 g/mol. The second-order valence-corrected chi connectivity index (χ2v) is 10.6. The van der Waals surface area contributed by atoms with Gasteiger partial charge < -0.3 is 13.7 Å². The van der Waals surface area contributed by atoms with Crippen molar-refractivity contribution in [2.24, 2.45) is 5.41 Å². The minimum absolute atomic E-state index is 0.105. The lowest BCUT2D eigenvalue weighted by Crippen LogP contribution is -2.26. The van der Waals surface area contributed by atoms with E-state index in [4.69, 9.17) is 9.15 Å². The summed E-state index contributed by atoms with van der Waals surface area (Å²) in [6.07, 6.45) is 12.1. The molecule has 1 aromatic carbocycles. The fourth-order valence-electron chi connectivity index (χ4n) is 4.27. The quantitative estimate of drug-likeness (QED) is 0.154. The van der Waals surface area contributed by atoms with Crippen molar-refractivity contribution in [1.29, 1.82) is 0 Å². The Morgan fingerprint density at radius 1 is 0.921 bits per heavy atom. The van der Waals surface area contributed by atoms with E-state index in [1.807, 2.05) is 20.8 Å². The van der Waals surface area contributed by atoms with E-state index >= 15 is 0 Å². The van der Waals surface area contributed by atoms with Crippen molar-refractivity contribution >= 4 is 16.9 Å². The monoisotopic (exact) mass is 525 g/mol. The molecule has 0 bridgehead atoms. The van der Waals surface area contributed by atoms with Crippen molar-refractivity contribution in [1.82, 2.24) is 4.57 Å². The third-order valence-corrected chi connectivity index (χ3v) is 7.21. The topological polar surface area (TPSA) is 78.5 Å². The Kier molecular flexibility index (Phi) is 10.9. The van der Waals surface area contributed by atoms with Gasteiger partial charge in [0.2, 0.25) is 0 Å². The van der Waals surface area contributed by atoms with Crippen molar-refractivity contribution in [2.45, 2.75) is 91.5 Å². The second-order valence-electron chi connectivity index (χ2n) is 10.6. The number of halogens is 1. The summed E-state index contributed by atoms with van der Waals surface area (Å²) < 4.78 is 25.7. The molecule has 0 unspecified atom stereocenters. The molecule has 0 radical (unpaired) electrons. The van der Waals surface area contributed by atoms with Crippen molar-refractivity contribution in [2.75, 3.05) is 6.61 Å². The molecule has 0 fully saturated rings. The molecule has 3 rings (SSSR count). The van der Waals surface area contributed by atoms with Gasteiger partial charge in [-0.15, -0.1) is 0 Å². The first-order chi connectivity index (χ1) is 18.2. The van der Waals surface area contributed by atoms with Crippen LogP contribution in [0.25, 0.3) is 22.1 Å². The number of carbonyl (C=O) groups is 1. The number of esters is 1. The van der Waals surface area contributed by atoms with E-state index in [-0.39, 0.29) is 17.3 Å². The number of nitrogens with zero attached hydrogens (tertiary/aromatic N) is 1. The molecule has 0 spiro atoms. The maximum absolute atomic E-state index is 13.2. The Balaban J connectivity index is 1.34. The van der Waals surface area contributed by atoms with Crippen LogP contribution in [0.1, 0.15) is 85.0 Å².